The van der Waals surface area contributed by atoms with Gasteiger partial charge in [0.2, 0.25) is 0 Å². The van der Waals surface area contributed by atoms with Crippen LogP contribution in [0.15, 0.2) is 83.3 Å². The Bertz CT molecular complexity index is 1490. The molecule has 5 rings (SSSR count). The zero-order valence-corrected chi connectivity index (χ0v) is 21.8. The molecule has 1 aliphatic heterocycles. The molecule has 38 heavy (non-hydrogen) atoms. The SMILES string of the molecule is CC(C)c1ccc(F)cc1N1CSC1=NN=Cc1ccc(-c2ncn(-c3ccc(C(C)(F)F)cc3)n2)cc1. The van der Waals surface area contributed by atoms with Crippen molar-refractivity contribution in [2.24, 2.45) is 10.2 Å². The van der Waals surface area contributed by atoms with E-state index in [4.69, 9.17) is 0 Å². The second-order valence-corrected chi connectivity index (χ2v) is 10.2. The van der Waals surface area contributed by atoms with E-state index in [0.717, 1.165) is 34.5 Å². The van der Waals surface area contributed by atoms with Gasteiger partial charge in [-0.25, -0.2) is 22.8 Å². The molecule has 0 spiro atoms. The topological polar surface area (TPSA) is 58.7 Å². The van der Waals surface area contributed by atoms with Gasteiger partial charge in [-0.05, 0) is 41.3 Å². The summed E-state index contributed by atoms with van der Waals surface area (Å²) in [6, 6.07) is 18.3. The number of rotatable bonds is 7. The Morgan fingerprint density at radius 3 is 2.39 bits per heavy atom. The molecule has 0 saturated carbocycles. The Balaban J connectivity index is 1.26. The second kappa shape index (κ2) is 10.4. The number of amidine groups is 1. The summed E-state index contributed by atoms with van der Waals surface area (Å²) in [4.78, 5) is 6.31. The molecule has 1 aromatic heterocycles. The van der Waals surface area contributed by atoms with E-state index in [1.54, 1.807) is 47.2 Å². The zero-order chi connectivity index (χ0) is 26.9. The summed E-state index contributed by atoms with van der Waals surface area (Å²) in [6.07, 6.45) is 3.20. The van der Waals surface area contributed by atoms with Gasteiger partial charge in [0.25, 0.3) is 5.92 Å². The highest BCUT2D eigenvalue weighted by atomic mass is 32.2. The third kappa shape index (κ3) is 5.50. The predicted octanol–water partition coefficient (Wildman–Crippen LogP) is 7.21. The highest BCUT2D eigenvalue weighted by Crippen LogP contribution is 2.36. The smallest absolute Gasteiger partial charge is 0.270 e. The van der Waals surface area contributed by atoms with Gasteiger partial charge < -0.3 is 4.90 Å². The molecule has 1 fully saturated rings. The van der Waals surface area contributed by atoms with Gasteiger partial charge in [-0.15, -0.1) is 10.2 Å². The first kappa shape index (κ1) is 25.7. The van der Waals surface area contributed by atoms with Gasteiger partial charge in [-0.3, -0.25) is 0 Å². The van der Waals surface area contributed by atoms with Crippen LogP contribution in [0, 0.1) is 5.82 Å². The number of hydrogen-bond acceptors (Lipinski definition) is 5. The predicted molar refractivity (Wildman–Crippen MR) is 147 cm³/mol. The maximum atomic E-state index is 13.9. The number of anilines is 1. The van der Waals surface area contributed by atoms with Crippen LogP contribution in [-0.2, 0) is 5.92 Å². The van der Waals surface area contributed by atoms with Crippen molar-refractivity contribution in [1.29, 1.82) is 0 Å². The van der Waals surface area contributed by atoms with Crippen molar-refractivity contribution >= 4 is 28.8 Å². The minimum atomic E-state index is -2.89. The van der Waals surface area contributed by atoms with Crippen molar-refractivity contribution in [3.05, 3.63) is 95.6 Å². The average Bonchev–Trinajstić information content (AvgIpc) is 3.36. The molecule has 6 nitrogen and oxygen atoms in total. The molecule has 194 valence electrons. The first-order chi connectivity index (χ1) is 18.2. The van der Waals surface area contributed by atoms with Crippen LogP contribution in [0.1, 0.15) is 43.4 Å². The largest absolute Gasteiger partial charge is 0.309 e. The van der Waals surface area contributed by atoms with E-state index >= 15 is 0 Å². The van der Waals surface area contributed by atoms with Gasteiger partial charge in [0.05, 0.1) is 23.5 Å². The van der Waals surface area contributed by atoms with Crippen LogP contribution >= 0.6 is 11.8 Å². The van der Waals surface area contributed by atoms with E-state index in [9.17, 15) is 13.2 Å². The van der Waals surface area contributed by atoms with Gasteiger partial charge in [0, 0.05) is 18.1 Å². The average molecular weight is 535 g/mol. The van der Waals surface area contributed by atoms with Crippen LogP contribution in [0.3, 0.4) is 0 Å². The summed E-state index contributed by atoms with van der Waals surface area (Å²) in [5, 5.41) is 13.7. The number of thioether (sulfide) groups is 1. The molecule has 0 atom stereocenters. The van der Waals surface area contributed by atoms with Crippen molar-refractivity contribution in [1.82, 2.24) is 14.8 Å². The summed E-state index contributed by atoms with van der Waals surface area (Å²) in [5.41, 5.74) is 4.12. The molecule has 0 amide bonds. The standard InChI is InChI=1S/C28H25F3N6S/c1-18(2)24-13-10-22(29)14-25(24)36-17-38-27(36)34-33-15-19-4-6-20(7-5-19)26-32-16-37(35-26)23-11-8-21(9-12-23)28(3,30)31/h4-16,18H,17H2,1-3H3. The third-order valence-electron chi connectivity index (χ3n) is 6.11. The molecule has 1 aliphatic rings. The van der Waals surface area contributed by atoms with Crippen LogP contribution < -0.4 is 4.90 Å². The van der Waals surface area contributed by atoms with Crippen molar-refractivity contribution in [2.45, 2.75) is 32.6 Å². The third-order valence-corrected chi connectivity index (χ3v) is 7.06. The molecule has 4 aromatic rings. The molecule has 0 bridgehead atoms. The van der Waals surface area contributed by atoms with Crippen LogP contribution in [0.25, 0.3) is 17.1 Å². The van der Waals surface area contributed by atoms with Gasteiger partial charge in [-0.1, -0.05) is 68.1 Å². The first-order valence-corrected chi connectivity index (χ1v) is 13.0. The summed E-state index contributed by atoms with van der Waals surface area (Å²) in [7, 11) is 0. The van der Waals surface area contributed by atoms with Crippen molar-refractivity contribution in [3.8, 4) is 17.1 Å². The normalized spacial score (nSPS) is 15.0. The Labute approximate surface area is 222 Å². The van der Waals surface area contributed by atoms with E-state index in [2.05, 4.69) is 34.1 Å². The Hall–Kier alpha value is -3.92. The molecule has 0 aliphatic carbocycles. The van der Waals surface area contributed by atoms with Gasteiger partial charge in [0.15, 0.2) is 11.0 Å². The van der Waals surface area contributed by atoms with Crippen molar-refractivity contribution in [2.75, 3.05) is 10.8 Å². The number of hydrogen-bond donors (Lipinski definition) is 0. The fourth-order valence-corrected chi connectivity index (χ4v) is 4.69. The molecule has 10 heteroatoms. The maximum Gasteiger partial charge on any atom is 0.270 e. The fourth-order valence-electron chi connectivity index (χ4n) is 3.97. The molecule has 0 N–H and O–H groups in total. The number of aromatic nitrogens is 3. The lowest BCUT2D eigenvalue weighted by molar-refractivity contribution is 0.0175. The van der Waals surface area contributed by atoms with E-state index in [0.29, 0.717) is 17.4 Å². The highest BCUT2D eigenvalue weighted by molar-refractivity contribution is 8.16. The first-order valence-electron chi connectivity index (χ1n) is 12.0. The van der Waals surface area contributed by atoms with Crippen LogP contribution in [0.5, 0.6) is 0 Å². The van der Waals surface area contributed by atoms with E-state index in [1.165, 1.54) is 18.2 Å². The molecule has 1 saturated heterocycles. The van der Waals surface area contributed by atoms with E-state index in [-0.39, 0.29) is 17.3 Å². The summed E-state index contributed by atoms with van der Waals surface area (Å²) >= 11 is 1.56. The fraction of sp³-hybridized carbons (Fsp3) is 0.214. The lowest BCUT2D eigenvalue weighted by Crippen LogP contribution is -2.39. The lowest BCUT2D eigenvalue weighted by Gasteiger charge is -2.35. The minimum absolute atomic E-state index is 0.0538. The van der Waals surface area contributed by atoms with Crippen LogP contribution in [-0.4, -0.2) is 32.0 Å². The van der Waals surface area contributed by atoms with Crippen LogP contribution in [0.4, 0.5) is 18.9 Å². The number of benzene rings is 3. The Morgan fingerprint density at radius 2 is 1.76 bits per heavy atom. The van der Waals surface area contributed by atoms with Crippen molar-refractivity contribution < 1.29 is 13.2 Å². The summed E-state index contributed by atoms with van der Waals surface area (Å²) < 4.78 is 42.4. The molecular formula is C28H25F3N6S. The van der Waals surface area contributed by atoms with E-state index < -0.39 is 5.92 Å². The second-order valence-electron chi connectivity index (χ2n) is 9.26. The quantitative estimate of drug-likeness (QED) is 0.186. The number of alkyl halides is 2. The Morgan fingerprint density at radius 1 is 1.03 bits per heavy atom. The summed E-state index contributed by atoms with van der Waals surface area (Å²) in [5.74, 6) is -1.70. The minimum Gasteiger partial charge on any atom is -0.309 e. The zero-order valence-electron chi connectivity index (χ0n) is 21.0. The molecule has 2 heterocycles. The number of nitrogens with zero attached hydrogens (tertiary/aromatic N) is 6. The maximum absolute atomic E-state index is 13.9. The molecular weight excluding hydrogens is 509 g/mol. The lowest BCUT2D eigenvalue weighted by atomic mass is 10.0. The van der Waals surface area contributed by atoms with Crippen molar-refractivity contribution in [3.63, 3.8) is 0 Å². The highest BCUT2D eigenvalue weighted by Gasteiger charge is 2.28. The number of halogens is 3. The van der Waals surface area contributed by atoms with Gasteiger partial charge in [0.1, 0.15) is 12.1 Å². The van der Waals surface area contributed by atoms with Gasteiger partial charge >= 0.3 is 0 Å². The molecule has 3 aromatic carbocycles. The van der Waals surface area contributed by atoms with E-state index in [1.807, 2.05) is 35.2 Å². The van der Waals surface area contributed by atoms with Gasteiger partial charge in [-0.2, -0.15) is 5.10 Å². The monoisotopic (exact) mass is 534 g/mol. The molecule has 0 radical (unpaired) electrons. The Kier molecular flexibility index (Phi) is 7.07. The molecule has 0 unspecified atom stereocenters. The van der Waals surface area contributed by atoms with Crippen LogP contribution in [0.2, 0.25) is 0 Å². The summed E-state index contributed by atoms with van der Waals surface area (Å²) in [6.45, 7) is 5.03.